The van der Waals surface area contributed by atoms with Gasteiger partial charge in [-0.2, -0.15) is 5.10 Å². The van der Waals surface area contributed by atoms with Gasteiger partial charge in [-0.3, -0.25) is 15.2 Å². The molecule has 2 N–H and O–H groups in total. The Morgan fingerprint density at radius 3 is 2.74 bits per heavy atom. The fourth-order valence-corrected chi connectivity index (χ4v) is 2.76. The van der Waals surface area contributed by atoms with Gasteiger partial charge in [-0.15, -0.1) is 5.10 Å². The smallest absolute Gasteiger partial charge is 0.277 e. The van der Waals surface area contributed by atoms with Gasteiger partial charge in [-0.25, -0.2) is 9.67 Å². The summed E-state index contributed by atoms with van der Waals surface area (Å²) in [5.41, 5.74) is 1.02. The third kappa shape index (κ3) is 3.54. The third-order valence-electron chi connectivity index (χ3n) is 2.96. The maximum absolute atomic E-state index is 12.0. The van der Waals surface area contributed by atoms with Crippen molar-refractivity contribution >= 4 is 51.0 Å². The molecule has 1 amide bonds. The first-order chi connectivity index (χ1) is 11.0. The highest BCUT2D eigenvalue weighted by atomic mass is 79.9. The average Bonchev–Trinajstić information content (AvgIpc) is 3.12. The third-order valence-corrected chi connectivity index (χ3v) is 4.27. The van der Waals surface area contributed by atoms with Crippen LogP contribution < -0.4 is 5.32 Å². The van der Waals surface area contributed by atoms with E-state index in [1.807, 2.05) is 0 Å². The van der Waals surface area contributed by atoms with Crippen molar-refractivity contribution in [2.24, 2.45) is 0 Å². The van der Waals surface area contributed by atoms with Crippen LogP contribution in [0.15, 0.2) is 35.2 Å². The molecule has 0 fully saturated rings. The highest BCUT2D eigenvalue weighted by Crippen LogP contribution is 2.25. The number of nitrogens with zero attached hydrogens (tertiary/aromatic N) is 4. The molecule has 2 aromatic heterocycles. The topological polar surface area (TPSA) is 88.5 Å². The minimum Gasteiger partial charge on any atom is -0.288 e. The van der Waals surface area contributed by atoms with Gasteiger partial charge in [0.1, 0.15) is 12.0 Å². The normalized spacial score (nSPS) is 10.7. The number of nitrogens with one attached hydrogen (secondary N) is 2. The summed E-state index contributed by atoms with van der Waals surface area (Å²) in [5.74, 6) is -0.234. The summed E-state index contributed by atoms with van der Waals surface area (Å²) in [6.45, 7) is 0.342. The first kappa shape index (κ1) is 16.0. The van der Waals surface area contributed by atoms with Crippen LogP contribution in [0.25, 0.3) is 0 Å². The Labute approximate surface area is 149 Å². The van der Waals surface area contributed by atoms with Gasteiger partial charge in [0.2, 0.25) is 5.95 Å². The minimum absolute atomic E-state index is 0.166. The van der Waals surface area contributed by atoms with Crippen molar-refractivity contribution in [3.63, 3.8) is 0 Å². The number of hydrogen-bond donors (Lipinski definition) is 2. The van der Waals surface area contributed by atoms with Gasteiger partial charge in [0.15, 0.2) is 0 Å². The van der Waals surface area contributed by atoms with Gasteiger partial charge in [0.25, 0.3) is 5.91 Å². The average molecular weight is 416 g/mol. The van der Waals surface area contributed by atoms with E-state index in [4.69, 9.17) is 23.2 Å². The Balaban J connectivity index is 1.74. The molecule has 0 radical (unpaired) electrons. The number of carbonyl (C=O) groups is 1. The number of benzene rings is 1. The van der Waals surface area contributed by atoms with Crippen LogP contribution in [0.1, 0.15) is 16.1 Å². The Morgan fingerprint density at radius 2 is 2.09 bits per heavy atom. The number of H-pyrrole nitrogens is 1. The first-order valence-corrected chi connectivity index (χ1v) is 7.92. The second-order valence-electron chi connectivity index (χ2n) is 4.51. The Kier molecular flexibility index (Phi) is 4.65. The molecule has 0 bridgehead atoms. The predicted molar refractivity (Wildman–Crippen MR) is 89.8 cm³/mol. The van der Waals surface area contributed by atoms with E-state index < -0.39 is 5.91 Å². The maximum atomic E-state index is 12.0. The van der Waals surface area contributed by atoms with Crippen molar-refractivity contribution in [1.82, 2.24) is 25.0 Å². The lowest BCUT2D eigenvalue weighted by Gasteiger charge is -2.06. The van der Waals surface area contributed by atoms with Crippen LogP contribution in [-0.4, -0.2) is 30.9 Å². The lowest BCUT2D eigenvalue weighted by molar-refractivity contribution is 0.102. The van der Waals surface area contributed by atoms with Crippen LogP contribution in [0.3, 0.4) is 0 Å². The van der Waals surface area contributed by atoms with E-state index in [0.717, 1.165) is 5.56 Å². The molecule has 0 aliphatic carbocycles. The summed E-state index contributed by atoms with van der Waals surface area (Å²) >= 11 is 15.5. The standard InChI is InChI=1S/C13H9BrCl2N6O/c14-8-4-18-20-11(8)12(23)19-13-17-6-22(21-13)5-7-9(15)2-1-3-10(7)16/h1-4,6H,5H2,(H,18,20)(H,19,21,23). The predicted octanol–water partition coefficient (Wildman–Crippen LogP) is 3.37. The lowest BCUT2D eigenvalue weighted by atomic mass is 10.2. The molecule has 0 aliphatic heterocycles. The van der Waals surface area contributed by atoms with Crippen molar-refractivity contribution in [3.05, 3.63) is 56.5 Å². The zero-order valence-corrected chi connectivity index (χ0v) is 14.5. The molecule has 0 aliphatic rings. The number of aromatic nitrogens is 5. The molecule has 0 atom stereocenters. The van der Waals surface area contributed by atoms with Crippen LogP contribution >= 0.6 is 39.1 Å². The molecule has 0 unspecified atom stereocenters. The summed E-state index contributed by atoms with van der Waals surface area (Å²) in [7, 11) is 0. The first-order valence-electron chi connectivity index (χ1n) is 6.37. The van der Waals surface area contributed by atoms with E-state index in [9.17, 15) is 4.79 Å². The van der Waals surface area contributed by atoms with Crippen molar-refractivity contribution in [3.8, 4) is 0 Å². The number of hydrogen-bond acceptors (Lipinski definition) is 4. The van der Waals surface area contributed by atoms with Gasteiger partial charge >= 0.3 is 0 Å². The fourth-order valence-electron chi connectivity index (χ4n) is 1.87. The van der Waals surface area contributed by atoms with E-state index in [2.05, 4.69) is 41.5 Å². The summed E-state index contributed by atoms with van der Waals surface area (Å²) < 4.78 is 2.09. The van der Waals surface area contributed by atoms with Crippen molar-refractivity contribution in [1.29, 1.82) is 0 Å². The molecule has 23 heavy (non-hydrogen) atoms. The van der Waals surface area contributed by atoms with E-state index in [-0.39, 0.29) is 11.6 Å². The number of amides is 1. The molecule has 1 aromatic carbocycles. The minimum atomic E-state index is -0.400. The summed E-state index contributed by atoms with van der Waals surface area (Å²) in [5, 5.41) is 14.2. The van der Waals surface area contributed by atoms with Gasteiger partial charge in [-0.1, -0.05) is 29.3 Å². The van der Waals surface area contributed by atoms with Gasteiger partial charge in [0, 0.05) is 15.6 Å². The molecule has 0 saturated carbocycles. The van der Waals surface area contributed by atoms with Crippen LogP contribution in [0.4, 0.5) is 5.95 Å². The van der Waals surface area contributed by atoms with E-state index in [1.54, 1.807) is 18.2 Å². The zero-order chi connectivity index (χ0) is 16.4. The second kappa shape index (κ2) is 6.69. The van der Waals surface area contributed by atoms with Crippen molar-refractivity contribution in [2.45, 2.75) is 6.54 Å². The second-order valence-corrected chi connectivity index (χ2v) is 6.18. The maximum Gasteiger partial charge on any atom is 0.277 e. The zero-order valence-electron chi connectivity index (χ0n) is 11.4. The molecule has 118 valence electrons. The van der Waals surface area contributed by atoms with Gasteiger partial charge < -0.3 is 0 Å². The number of halogens is 3. The molecular weight excluding hydrogens is 407 g/mol. The number of rotatable bonds is 4. The lowest BCUT2D eigenvalue weighted by Crippen LogP contribution is -2.14. The SMILES string of the molecule is O=C(Nc1ncn(Cc2c(Cl)cccc2Cl)n1)c1[nH]ncc1Br. The highest BCUT2D eigenvalue weighted by molar-refractivity contribution is 9.10. The molecule has 3 rings (SSSR count). The molecule has 2 heterocycles. The summed E-state index contributed by atoms with van der Waals surface area (Å²) in [4.78, 5) is 16.1. The van der Waals surface area contributed by atoms with Gasteiger partial charge in [-0.05, 0) is 28.1 Å². The molecule has 3 aromatic rings. The quantitative estimate of drug-likeness (QED) is 0.683. The van der Waals surface area contributed by atoms with Crippen molar-refractivity contribution < 1.29 is 4.79 Å². The molecular formula is C13H9BrCl2N6O. The van der Waals surface area contributed by atoms with Crippen LogP contribution in [0.5, 0.6) is 0 Å². The van der Waals surface area contributed by atoms with Gasteiger partial charge in [0.05, 0.1) is 17.2 Å². The molecule has 10 heteroatoms. The Hall–Kier alpha value is -1.90. The Morgan fingerprint density at radius 1 is 1.35 bits per heavy atom. The van der Waals surface area contributed by atoms with E-state index in [0.29, 0.717) is 21.1 Å². The highest BCUT2D eigenvalue weighted by Gasteiger charge is 2.14. The van der Waals surface area contributed by atoms with Crippen molar-refractivity contribution in [2.75, 3.05) is 5.32 Å². The van der Waals surface area contributed by atoms with Crippen LogP contribution in [0.2, 0.25) is 10.0 Å². The summed E-state index contributed by atoms with van der Waals surface area (Å²) in [6.07, 6.45) is 2.97. The monoisotopic (exact) mass is 414 g/mol. The van der Waals surface area contributed by atoms with Crippen LogP contribution in [-0.2, 0) is 6.54 Å². The molecule has 7 nitrogen and oxygen atoms in total. The molecule has 0 spiro atoms. The Bertz CT molecular complexity index is 842. The summed E-state index contributed by atoms with van der Waals surface area (Å²) in [6, 6.07) is 5.26. The number of anilines is 1. The molecule has 0 saturated heterocycles. The van der Waals surface area contributed by atoms with Crippen LogP contribution in [0, 0.1) is 0 Å². The number of carbonyl (C=O) groups excluding carboxylic acids is 1. The largest absolute Gasteiger partial charge is 0.288 e. The fraction of sp³-hybridized carbons (Fsp3) is 0.0769. The van der Waals surface area contributed by atoms with E-state index in [1.165, 1.54) is 17.2 Å². The number of aromatic amines is 1. The van der Waals surface area contributed by atoms with E-state index >= 15 is 0 Å².